The summed E-state index contributed by atoms with van der Waals surface area (Å²) in [5.74, 6) is -4.01. The van der Waals surface area contributed by atoms with Gasteiger partial charge in [-0.3, -0.25) is 9.48 Å². The largest absolute Gasteiger partial charge is 0.382 e. The molecule has 2 heterocycles. The maximum Gasteiger partial charge on any atom is 0.274 e. The van der Waals surface area contributed by atoms with E-state index >= 15 is 0 Å². The van der Waals surface area contributed by atoms with Crippen LogP contribution in [0, 0.1) is 29.3 Å². The minimum atomic E-state index is -1.59. The lowest BCUT2D eigenvalue weighted by atomic mass is 9.92. The first-order valence-electron chi connectivity index (χ1n) is 10.7. The molecule has 0 radical (unpaired) electrons. The second-order valence-corrected chi connectivity index (χ2v) is 9.17. The first-order valence-corrected chi connectivity index (χ1v) is 10.7. The van der Waals surface area contributed by atoms with Crippen molar-refractivity contribution in [2.24, 2.45) is 25.9 Å². The van der Waals surface area contributed by atoms with Crippen LogP contribution in [0.2, 0.25) is 0 Å². The van der Waals surface area contributed by atoms with E-state index in [0.29, 0.717) is 24.4 Å². The number of aryl methyl sites for hydroxylation is 2. The number of aliphatic hydroxyl groups is 1. The molecule has 1 aromatic carbocycles. The summed E-state index contributed by atoms with van der Waals surface area (Å²) in [6.07, 6.45) is 5.68. The van der Waals surface area contributed by atoms with Crippen LogP contribution < -0.4 is 5.32 Å². The molecule has 2 atom stereocenters. The minimum Gasteiger partial charge on any atom is -0.382 e. The summed E-state index contributed by atoms with van der Waals surface area (Å²) in [6, 6.07) is 1.47. The Morgan fingerprint density at radius 2 is 1.73 bits per heavy atom. The summed E-state index contributed by atoms with van der Waals surface area (Å²) in [7, 11) is 3.42. The Balaban J connectivity index is 1.33. The molecule has 2 saturated carbocycles. The van der Waals surface area contributed by atoms with Crippen LogP contribution in [0.15, 0.2) is 24.8 Å². The van der Waals surface area contributed by atoms with E-state index in [1.54, 1.807) is 29.7 Å². The van der Waals surface area contributed by atoms with Crippen LogP contribution in [0.5, 0.6) is 0 Å². The SMILES string of the molecule is Cn1cnc(C2(O)CC3CC(c4ncn(C)c4C(=O)Nc4cc(F)c(F)c(F)c4)CC3C2)n1. The highest BCUT2D eigenvalue weighted by molar-refractivity contribution is 6.04. The Labute approximate surface area is 187 Å². The fraction of sp³-hybridized carbons (Fsp3) is 0.455. The molecular weight excluding hydrogens is 437 g/mol. The van der Waals surface area contributed by atoms with Crippen LogP contribution in [0.4, 0.5) is 18.9 Å². The number of fused-ring (bicyclic) bond motifs is 1. The van der Waals surface area contributed by atoms with Crippen molar-refractivity contribution in [3.63, 3.8) is 0 Å². The highest BCUT2D eigenvalue weighted by Crippen LogP contribution is 2.56. The lowest BCUT2D eigenvalue weighted by Gasteiger charge is -2.21. The number of hydrogen-bond acceptors (Lipinski definition) is 5. The van der Waals surface area contributed by atoms with Crippen molar-refractivity contribution in [3.8, 4) is 0 Å². The molecule has 2 aliphatic carbocycles. The topological polar surface area (TPSA) is 97.9 Å². The summed E-state index contributed by atoms with van der Waals surface area (Å²) in [5, 5.41) is 17.8. The quantitative estimate of drug-likeness (QED) is 0.584. The van der Waals surface area contributed by atoms with Crippen molar-refractivity contribution in [3.05, 3.63) is 59.5 Å². The predicted molar refractivity (Wildman–Crippen MR) is 111 cm³/mol. The zero-order valence-electron chi connectivity index (χ0n) is 18.1. The van der Waals surface area contributed by atoms with Gasteiger partial charge in [-0.25, -0.2) is 23.1 Å². The lowest BCUT2D eigenvalue weighted by molar-refractivity contribution is 0.0253. The van der Waals surface area contributed by atoms with Gasteiger partial charge in [0.15, 0.2) is 23.3 Å². The summed E-state index contributed by atoms with van der Waals surface area (Å²) in [4.78, 5) is 21.6. The van der Waals surface area contributed by atoms with E-state index in [-0.39, 0.29) is 29.1 Å². The van der Waals surface area contributed by atoms with Crippen LogP contribution in [0.25, 0.3) is 0 Å². The molecule has 0 saturated heterocycles. The lowest BCUT2D eigenvalue weighted by Crippen LogP contribution is -2.25. The second kappa shape index (κ2) is 7.68. The van der Waals surface area contributed by atoms with Gasteiger partial charge in [-0.2, -0.15) is 5.10 Å². The van der Waals surface area contributed by atoms with Crippen LogP contribution >= 0.6 is 0 Å². The number of nitrogens with one attached hydrogen (secondary N) is 1. The van der Waals surface area contributed by atoms with E-state index in [0.717, 1.165) is 25.0 Å². The molecule has 0 aliphatic heterocycles. The second-order valence-electron chi connectivity index (χ2n) is 9.17. The number of anilines is 1. The van der Waals surface area contributed by atoms with Gasteiger partial charge in [0.1, 0.15) is 17.6 Å². The average Bonchev–Trinajstić information content (AvgIpc) is 3.49. The van der Waals surface area contributed by atoms with Crippen molar-refractivity contribution >= 4 is 11.6 Å². The minimum absolute atomic E-state index is 0.00452. The number of rotatable bonds is 4. The summed E-state index contributed by atoms with van der Waals surface area (Å²) < 4.78 is 43.4. The Bertz CT molecular complexity index is 1200. The zero-order valence-corrected chi connectivity index (χ0v) is 18.1. The van der Waals surface area contributed by atoms with Gasteiger partial charge in [0.05, 0.1) is 12.0 Å². The van der Waals surface area contributed by atoms with Crippen LogP contribution in [-0.4, -0.2) is 35.3 Å². The molecule has 2 fully saturated rings. The number of imidazole rings is 1. The molecule has 3 aromatic rings. The van der Waals surface area contributed by atoms with Gasteiger partial charge >= 0.3 is 0 Å². The van der Waals surface area contributed by atoms with Crippen molar-refractivity contribution in [2.45, 2.75) is 37.2 Å². The molecule has 2 aromatic heterocycles. The highest BCUT2D eigenvalue weighted by atomic mass is 19.2. The Morgan fingerprint density at radius 1 is 1.09 bits per heavy atom. The first kappa shape index (κ1) is 21.6. The fourth-order valence-electron chi connectivity index (χ4n) is 5.46. The number of halogens is 3. The molecule has 2 N–H and O–H groups in total. The monoisotopic (exact) mass is 460 g/mol. The van der Waals surface area contributed by atoms with Crippen LogP contribution in [0.1, 0.15) is 53.6 Å². The van der Waals surface area contributed by atoms with Gasteiger partial charge in [-0.05, 0) is 37.5 Å². The normalized spacial score (nSPS) is 26.5. The third-order valence-corrected chi connectivity index (χ3v) is 6.87. The number of carbonyl (C=O) groups excluding carboxylic acids is 1. The Kier molecular flexibility index (Phi) is 5.04. The average molecular weight is 460 g/mol. The van der Waals surface area contributed by atoms with Gasteiger partial charge in [0.25, 0.3) is 5.91 Å². The van der Waals surface area contributed by atoms with Crippen molar-refractivity contribution < 1.29 is 23.1 Å². The van der Waals surface area contributed by atoms with E-state index in [2.05, 4.69) is 20.4 Å². The third kappa shape index (κ3) is 3.69. The summed E-state index contributed by atoms with van der Waals surface area (Å²) in [5.41, 5.74) is -0.346. The summed E-state index contributed by atoms with van der Waals surface area (Å²) >= 11 is 0. The first-order chi connectivity index (χ1) is 15.6. The molecule has 174 valence electrons. The fourth-order valence-corrected chi connectivity index (χ4v) is 5.46. The Morgan fingerprint density at radius 3 is 2.30 bits per heavy atom. The van der Waals surface area contributed by atoms with Crippen LogP contribution in [0.3, 0.4) is 0 Å². The van der Waals surface area contributed by atoms with Gasteiger partial charge in [0, 0.05) is 37.8 Å². The maximum absolute atomic E-state index is 13.5. The molecule has 2 unspecified atom stereocenters. The van der Waals surface area contributed by atoms with Crippen molar-refractivity contribution in [2.75, 3.05) is 5.32 Å². The van der Waals surface area contributed by atoms with E-state index in [1.165, 1.54) is 6.33 Å². The van der Waals surface area contributed by atoms with E-state index in [1.807, 2.05) is 0 Å². The number of nitrogens with zero attached hydrogens (tertiary/aromatic N) is 5. The number of aromatic nitrogens is 5. The van der Waals surface area contributed by atoms with Gasteiger partial charge in [-0.15, -0.1) is 0 Å². The molecule has 33 heavy (non-hydrogen) atoms. The molecule has 5 rings (SSSR count). The molecular formula is C22H23F3N6O2. The standard InChI is InChI=1S/C22H23F3N6O2/c1-30-9-26-18(19(30)20(32)28-14-5-15(23)17(25)16(24)6-14)11-3-12-7-22(33,8-13(12)4-11)21-27-10-31(2)29-21/h5-6,9-13,33H,3-4,7-8H2,1-2H3,(H,28,32). The number of hydrogen-bond donors (Lipinski definition) is 2. The Hall–Kier alpha value is -3.21. The number of carbonyl (C=O) groups is 1. The highest BCUT2D eigenvalue weighted by Gasteiger charge is 2.52. The van der Waals surface area contributed by atoms with Gasteiger partial charge < -0.3 is 15.0 Å². The zero-order chi connectivity index (χ0) is 23.5. The van der Waals surface area contributed by atoms with E-state index in [9.17, 15) is 23.1 Å². The van der Waals surface area contributed by atoms with Gasteiger partial charge in [-0.1, -0.05) is 0 Å². The van der Waals surface area contributed by atoms with Gasteiger partial charge in [0.2, 0.25) is 0 Å². The molecule has 0 bridgehead atoms. The van der Waals surface area contributed by atoms with Crippen LogP contribution in [-0.2, 0) is 19.7 Å². The molecule has 11 heteroatoms. The van der Waals surface area contributed by atoms with E-state index < -0.39 is 29.0 Å². The maximum atomic E-state index is 13.5. The molecule has 1 amide bonds. The molecule has 0 spiro atoms. The molecule has 8 nitrogen and oxygen atoms in total. The smallest absolute Gasteiger partial charge is 0.274 e. The van der Waals surface area contributed by atoms with Crippen molar-refractivity contribution in [1.82, 2.24) is 24.3 Å². The predicted octanol–water partition coefficient (Wildman–Crippen LogP) is 3.01. The van der Waals surface area contributed by atoms with Crippen molar-refractivity contribution in [1.29, 1.82) is 0 Å². The van der Waals surface area contributed by atoms with E-state index in [4.69, 9.17) is 0 Å². The third-order valence-electron chi connectivity index (χ3n) is 6.87. The number of amides is 1. The molecule has 2 aliphatic rings. The summed E-state index contributed by atoms with van der Waals surface area (Å²) in [6.45, 7) is 0. The number of benzene rings is 1.